The van der Waals surface area contributed by atoms with Crippen LogP contribution in [0.3, 0.4) is 0 Å². The van der Waals surface area contributed by atoms with Gasteiger partial charge in [0.25, 0.3) is 0 Å². The SMILES string of the molecule is CCCN(CC1=CCCC=N1)Cc1ccccn1. The minimum Gasteiger partial charge on any atom is -0.292 e. The summed E-state index contributed by atoms with van der Waals surface area (Å²) in [6, 6.07) is 6.09. The Morgan fingerprint density at radius 2 is 2.17 bits per heavy atom. The van der Waals surface area contributed by atoms with Gasteiger partial charge in [0, 0.05) is 25.5 Å². The van der Waals surface area contributed by atoms with Crippen LogP contribution in [0.5, 0.6) is 0 Å². The Labute approximate surface area is 109 Å². The minimum absolute atomic E-state index is 0.904. The second-order valence-corrected chi connectivity index (χ2v) is 4.62. The lowest BCUT2D eigenvalue weighted by Gasteiger charge is -2.22. The highest BCUT2D eigenvalue weighted by Crippen LogP contribution is 2.11. The molecule has 0 N–H and O–H groups in total. The Hall–Kier alpha value is -1.48. The Bertz CT molecular complexity index is 409. The summed E-state index contributed by atoms with van der Waals surface area (Å²) >= 11 is 0. The molecule has 1 aromatic heterocycles. The number of pyridine rings is 1. The summed E-state index contributed by atoms with van der Waals surface area (Å²) < 4.78 is 0. The van der Waals surface area contributed by atoms with Gasteiger partial charge in [0.2, 0.25) is 0 Å². The molecule has 18 heavy (non-hydrogen) atoms. The van der Waals surface area contributed by atoms with E-state index in [1.54, 1.807) is 0 Å². The fourth-order valence-electron chi connectivity index (χ4n) is 2.14. The van der Waals surface area contributed by atoms with Gasteiger partial charge in [-0.25, -0.2) is 0 Å². The molecule has 3 nitrogen and oxygen atoms in total. The molecular weight excluding hydrogens is 222 g/mol. The van der Waals surface area contributed by atoms with Crippen LogP contribution in [0.25, 0.3) is 0 Å². The van der Waals surface area contributed by atoms with Crippen LogP contribution in [0.15, 0.2) is 41.2 Å². The molecule has 2 rings (SSSR count). The quantitative estimate of drug-likeness (QED) is 0.768. The van der Waals surface area contributed by atoms with Crippen molar-refractivity contribution >= 4 is 6.21 Å². The van der Waals surface area contributed by atoms with Crippen molar-refractivity contribution in [1.82, 2.24) is 9.88 Å². The van der Waals surface area contributed by atoms with Crippen molar-refractivity contribution in [3.8, 4) is 0 Å². The molecule has 1 aliphatic heterocycles. The van der Waals surface area contributed by atoms with E-state index in [1.807, 2.05) is 24.5 Å². The number of nitrogens with zero attached hydrogens (tertiary/aromatic N) is 3. The summed E-state index contributed by atoms with van der Waals surface area (Å²) in [5.41, 5.74) is 2.33. The van der Waals surface area contributed by atoms with Crippen molar-refractivity contribution in [2.24, 2.45) is 4.99 Å². The van der Waals surface area contributed by atoms with Crippen LogP contribution in [0.1, 0.15) is 31.9 Å². The first-order valence-corrected chi connectivity index (χ1v) is 6.72. The molecule has 0 aliphatic carbocycles. The first-order valence-electron chi connectivity index (χ1n) is 6.72. The number of aromatic nitrogens is 1. The standard InChI is InChI=1S/C15H21N3/c1-2-11-18(12-14-7-3-5-9-16-14)13-15-8-4-6-10-17-15/h3,5,7-10H,2,4,6,11-13H2,1H3. The van der Waals surface area contributed by atoms with E-state index >= 15 is 0 Å². The number of hydrogen-bond acceptors (Lipinski definition) is 3. The average Bonchev–Trinajstić information content (AvgIpc) is 2.41. The van der Waals surface area contributed by atoms with Gasteiger partial charge in [-0.3, -0.25) is 14.9 Å². The van der Waals surface area contributed by atoms with Crippen LogP contribution in [0, 0.1) is 0 Å². The number of aliphatic imine (C=N–C) groups is 1. The molecule has 0 saturated heterocycles. The Morgan fingerprint density at radius 1 is 1.22 bits per heavy atom. The van der Waals surface area contributed by atoms with Gasteiger partial charge in [-0.05, 0) is 37.9 Å². The van der Waals surface area contributed by atoms with E-state index in [1.165, 1.54) is 5.70 Å². The predicted octanol–water partition coefficient (Wildman–Crippen LogP) is 3.04. The fourth-order valence-corrected chi connectivity index (χ4v) is 2.14. The van der Waals surface area contributed by atoms with Gasteiger partial charge < -0.3 is 0 Å². The summed E-state index contributed by atoms with van der Waals surface area (Å²) in [7, 11) is 0. The van der Waals surface area contributed by atoms with Crippen molar-refractivity contribution in [1.29, 1.82) is 0 Å². The van der Waals surface area contributed by atoms with Gasteiger partial charge in [-0.15, -0.1) is 0 Å². The monoisotopic (exact) mass is 243 g/mol. The van der Waals surface area contributed by atoms with E-state index < -0.39 is 0 Å². The molecular formula is C15H21N3. The summed E-state index contributed by atoms with van der Waals surface area (Å²) in [6.45, 7) is 5.13. The molecule has 2 heterocycles. The zero-order valence-corrected chi connectivity index (χ0v) is 11.0. The Morgan fingerprint density at radius 3 is 2.83 bits per heavy atom. The van der Waals surface area contributed by atoms with Crippen LogP contribution in [-0.2, 0) is 6.54 Å². The van der Waals surface area contributed by atoms with E-state index in [9.17, 15) is 0 Å². The number of allylic oxidation sites excluding steroid dienone is 1. The molecule has 0 radical (unpaired) electrons. The maximum Gasteiger partial charge on any atom is 0.0544 e. The number of hydrogen-bond donors (Lipinski definition) is 0. The van der Waals surface area contributed by atoms with E-state index in [0.29, 0.717) is 0 Å². The fraction of sp³-hybridized carbons (Fsp3) is 0.467. The van der Waals surface area contributed by atoms with E-state index in [0.717, 1.165) is 44.6 Å². The zero-order valence-electron chi connectivity index (χ0n) is 11.0. The highest BCUT2D eigenvalue weighted by Gasteiger charge is 2.09. The molecule has 0 bridgehead atoms. The maximum atomic E-state index is 4.47. The third-order valence-electron chi connectivity index (χ3n) is 2.97. The van der Waals surface area contributed by atoms with E-state index in [4.69, 9.17) is 0 Å². The molecule has 3 heteroatoms. The van der Waals surface area contributed by atoms with Crippen molar-refractivity contribution in [3.05, 3.63) is 41.9 Å². The molecule has 1 aromatic rings. The molecule has 0 fully saturated rings. The molecule has 0 unspecified atom stereocenters. The molecule has 0 atom stereocenters. The van der Waals surface area contributed by atoms with E-state index in [-0.39, 0.29) is 0 Å². The van der Waals surface area contributed by atoms with Gasteiger partial charge >= 0.3 is 0 Å². The van der Waals surface area contributed by atoms with Crippen LogP contribution in [-0.4, -0.2) is 29.2 Å². The Balaban J connectivity index is 1.95. The molecule has 0 aromatic carbocycles. The van der Waals surface area contributed by atoms with Crippen LogP contribution in [0.4, 0.5) is 0 Å². The van der Waals surface area contributed by atoms with Crippen LogP contribution >= 0.6 is 0 Å². The average molecular weight is 243 g/mol. The van der Waals surface area contributed by atoms with Gasteiger partial charge in [0.1, 0.15) is 0 Å². The minimum atomic E-state index is 0.904. The normalized spacial score (nSPS) is 14.9. The highest BCUT2D eigenvalue weighted by atomic mass is 15.1. The first kappa shape index (κ1) is 13.0. The lowest BCUT2D eigenvalue weighted by Crippen LogP contribution is -2.27. The lowest BCUT2D eigenvalue weighted by atomic mass is 10.2. The summed E-state index contributed by atoms with van der Waals surface area (Å²) in [6.07, 6.45) is 9.50. The third kappa shape index (κ3) is 4.08. The maximum absolute atomic E-state index is 4.47. The molecule has 1 aliphatic rings. The largest absolute Gasteiger partial charge is 0.292 e. The summed E-state index contributed by atoms with van der Waals surface area (Å²) in [5, 5.41) is 0. The van der Waals surface area contributed by atoms with Crippen LogP contribution < -0.4 is 0 Å². The van der Waals surface area contributed by atoms with Gasteiger partial charge in [0.05, 0.1) is 11.4 Å². The number of rotatable bonds is 6. The van der Waals surface area contributed by atoms with Gasteiger partial charge in [-0.1, -0.05) is 19.1 Å². The van der Waals surface area contributed by atoms with Gasteiger partial charge in [-0.2, -0.15) is 0 Å². The highest BCUT2D eigenvalue weighted by molar-refractivity contribution is 5.60. The Kier molecular flexibility index (Phi) is 5.09. The smallest absolute Gasteiger partial charge is 0.0544 e. The molecule has 96 valence electrons. The van der Waals surface area contributed by atoms with Crippen molar-refractivity contribution in [2.75, 3.05) is 13.1 Å². The van der Waals surface area contributed by atoms with Crippen molar-refractivity contribution in [3.63, 3.8) is 0 Å². The van der Waals surface area contributed by atoms with Crippen LogP contribution in [0.2, 0.25) is 0 Å². The first-order chi connectivity index (χ1) is 8.88. The van der Waals surface area contributed by atoms with Crippen molar-refractivity contribution < 1.29 is 0 Å². The second kappa shape index (κ2) is 7.07. The third-order valence-corrected chi connectivity index (χ3v) is 2.97. The van der Waals surface area contributed by atoms with Crippen molar-refractivity contribution in [2.45, 2.75) is 32.7 Å². The molecule has 0 amide bonds. The van der Waals surface area contributed by atoms with Gasteiger partial charge in [0.15, 0.2) is 0 Å². The summed E-state index contributed by atoms with van der Waals surface area (Å²) in [4.78, 5) is 11.3. The second-order valence-electron chi connectivity index (χ2n) is 4.62. The van der Waals surface area contributed by atoms with E-state index in [2.05, 4.69) is 33.9 Å². The lowest BCUT2D eigenvalue weighted by molar-refractivity contribution is 0.284. The molecule has 0 spiro atoms. The summed E-state index contributed by atoms with van der Waals surface area (Å²) in [5.74, 6) is 0. The topological polar surface area (TPSA) is 28.5 Å². The zero-order chi connectivity index (χ0) is 12.6. The predicted molar refractivity (Wildman–Crippen MR) is 75.6 cm³/mol. The molecule has 0 saturated carbocycles.